The van der Waals surface area contributed by atoms with E-state index in [4.69, 9.17) is 0 Å². The van der Waals surface area contributed by atoms with E-state index in [2.05, 4.69) is 11.8 Å². The summed E-state index contributed by atoms with van der Waals surface area (Å²) in [6, 6.07) is 7.56. The molecule has 112 valence electrons. The Balaban J connectivity index is 2.01. The van der Waals surface area contributed by atoms with Gasteiger partial charge >= 0.3 is 6.18 Å². The van der Waals surface area contributed by atoms with E-state index >= 15 is 0 Å². The van der Waals surface area contributed by atoms with Crippen LogP contribution in [0.25, 0.3) is 0 Å². The minimum absolute atomic E-state index is 0.361. The molecule has 0 atom stereocenters. The molecule has 2 rings (SSSR count). The summed E-state index contributed by atoms with van der Waals surface area (Å²) in [6.45, 7) is 3.93. The minimum Gasteiger partial charge on any atom is -0.296 e. The van der Waals surface area contributed by atoms with Crippen molar-refractivity contribution in [3.63, 3.8) is 0 Å². The molecule has 0 N–H and O–H groups in total. The second kappa shape index (κ2) is 6.61. The van der Waals surface area contributed by atoms with Gasteiger partial charge in [0.15, 0.2) is 0 Å². The monoisotopic (exact) mass is 285 g/mol. The van der Waals surface area contributed by atoms with Gasteiger partial charge < -0.3 is 0 Å². The summed E-state index contributed by atoms with van der Waals surface area (Å²) in [4.78, 5) is 2.41. The number of alkyl halides is 3. The fraction of sp³-hybridized carbons (Fsp3) is 0.625. The highest BCUT2D eigenvalue weighted by Crippen LogP contribution is 2.27. The van der Waals surface area contributed by atoms with Crippen LogP contribution in [0.1, 0.15) is 43.7 Å². The van der Waals surface area contributed by atoms with Crippen LogP contribution in [0.2, 0.25) is 0 Å². The van der Waals surface area contributed by atoms with E-state index < -0.39 is 12.6 Å². The van der Waals surface area contributed by atoms with Crippen molar-refractivity contribution >= 4 is 0 Å². The molecule has 1 saturated carbocycles. The van der Waals surface area contributed by atoms with Crippen molar-refractivity contribution in [3.8, 4) is 0 Å². The smallest absolute Gasteiger partial charge is 0.296 e. The van der Waals surface area contributed by atoms with E-state index in [1.165, 1.54) is 19.3 Å². The number of nitrogens with zero attached hydrogens (tertiary/aromatic N) is 1. The Hall–Kier alpha value is -1.03. The van der Waals surface area contributed by atoms with Crippen LogP contribution in [0.5, 0.6) is 0 Å². The highest BCUT2D eigenvalue weighted by molar-refractivity contribution is 5.24. The quantitative estimate of drug-likeness (QED) is 0.741. The lowest BCUT2D eigenvalue weighted by atomic mass is 9.91. The summed E-state index contributed by atoms with van der Waals surface area (Å²) in [6.07, 6.45) is -0.157. The van der Waals surface area contributed by atoms with Crippen molar-refractivity contribution in [3.05, 3.63) is 35.4 Å². The van der Waals surface area contributed by atoms with E-state index in [0.29, 0.717) is 11.6 Å². The molecule has 0 heterocycles. The molecule has 1 aromatic rings. The van der Waals surface area contributed by atoms with E-state index in [1.807, 2.05) is 6.07 Å². The third-order valence-electron chi connectivity index (χ3n) is 3.88. The van der Waals surface area contributed by atoms with E-state index in [-0.39, 0.29) is 0 Å². The molecule has 0 spiro atoms. The van der Waals surface area contributed by atoms with Gasteiger partial charge in [-0.25, -0.2) is 0 Å². The molecule has 20 heavy (non-hydrogen) atoms. The van der Waals surface area contributed by atoms with E-state index in [9.17, 15) is 13.2 Å². The van der Waals surface area contributed by atoms with Gasteiger partial charge in [-0.2, -0.15) is 13.2 Å². The molecule has 1 aliphatic carbocycles. The third-order valence-corrected chi connectivity index (χ3v) is 3.88. The van der Waals surface area contributed by atoms with Gasteiger partial charge in [0, 0.05) is 12.6 Å². The summed E-state index contributed by atoms with van der Waals surface area (Å²) < 4.78 is 37.3. The lowest BCUT2D eigenvalue weighted by molar-refractivity contribution is -0.127. The first-order valence-corrected chi connectivity index (χ1v) is 7.36. The summed E-state index contributed by atoms with van der Waals surface area (Å²) in [5, 5.41) is 0. The SMILES string of the molecule is CCCN(Cc1cccc(CC(F)(F)F)c1)C1CCC1. The molecule has 0 aliphatic heterocycles. The van der Waals surface area contributed by atoms with Crippen LogP contribution in [0.4, 0.5) is 13.2 Å². The van der Waals surface area contributed by atoms with Gasteiger partial charge in [0.1, 0.15) is 0 Å². The van der Waals surface area contributed by atoms with Gasteiger partial charge in [-0.15, -0.1) is 0 Å². The summed E-state index contributed by atoms with van der Waals surface area (Å²) in [7, 11) is 0. The zero-order chi connectivity index (χ0) is 14.6. The van der Waals surface area contributed by atoms with Crippen molar-refractivity contribution in [1.29, 1.82) is 0 Å². The predicted octanol–water partition coefficient (Wildman–Crippen LogP) is 4.56. The lowest BCUT2D eigenvalue weighted by Crippen LogP contribution is -2.40. The van der Waals surface area contributed by atoms with Crippen LogP contribution in [0.15, 0.2) is 24.3 Å². The Kier molecular flexibility index (Phi) is 5.08. The van der Waals surface area contributed by atoms with Gasteiger partial charge in [-0.05, 0) is 36.9 Å². The third kappa shape index (κ3) is 4.51. The van der Waals surface area contributed by atoms with Gasteiger partial charge in [-0.1, -0.05) is 37.6 Å². The Labute approximate surface area is 118 Å². The van der Waals surface area contributed by atoms with Crippen molar-refractivity contribution in [2.75, 3.05) is 6.54 Å². The number of halogens is 3. The van der Waals surface area contributed by atoms with Crippen LogP contribution in [-0.2, 0) is 13.0 Å². The van der Waals surface area contributed by atoms with E-state index in [0.717, 1.165) is 25.1 Å². The van der Waals surface area contributed by atoms with Crippen LogP contribution in [-0.4, -0.2) is 23.7 Å². The molecule has 0 aromatic heterocycles. The fourth-order valence-electron chi connectivity index (χ4n) is 2.73. The standard InChI is InChI=1S/C16H22F3N/c1-2-9-20(15-7-4-8-15)12-14-6-3-5-13(10-14)11-16(17,18)19/h3,5-6,10,15H,2,4,7-9,11-12H2,1H3. The van der Waals surface area contributed by atoms with Gasteiger partial charge in [0.2, 0.25) is 0 Å². The number of benzene rings is 1. The summed E-state index contributed by atoms with van der Waals surface area (Å²) >= 11 is 0. The Morgan fingerprint density at radius 3 is 2.45 bits per heavy atom. The summed E-state index contributed by atoms with van der Waals surface area (Å²) in [5.41, 5.74) is 1.35. The first kappa shape index (κ1) is 15.4. The molecule has 0 saturated heterocycles. The zero-order valence-corrected chi connectivity index (χ0v) is 11.9. The Morgan fingerprint density at radius 1 is 1.20 bits per heavy atom. The largest absolute Gasteiger partial charge is 0.393 e. The highest BCUT2D eigenvalue weighted by Gasteiger charge is 2.28. The van der Waals surface area contributed by atoms with Gasteiger partial charge in [0.25, 0.3) is 0 Å². The molecule has 0 bridgehead atoms. The lowest BCUT2D eigenvalue weighted by Gasteiger charge is -2.37. The topological polar surface area (TPSA) is 3.24 Å². The van der Waals surface area contributed by atoms with Crippen LogP contribution < -0.4 is 0 Å². The average molecular weight is 285 g/mol. The van der Waals surface area contributed by atoms with Crippen molar-refractivity contribution in [1.82, 2.24) is 4.90 Å². The fourth-order valence-corrected chi connectivity index (χ4v) is 2.73. The zero-order valence-electron chi connectivity index (χ0n) is 11.9. The maximum Gasteiger partial charge on any atom is 0.393 e. The van der Waals surface area contributed by atoms with Crippen molar-refractivity contribution in [2.45, 2.75) is 57.8 Å². The second-order valence-electron chi connectivity index (χ2n) is 5.67. The van der Waals surface area contributed by atoms with Crippen molar-refractivity contribution in [2.24, 2.45) is 0 Å². The molecule has 4 heteroatoms. The predicted molar refractivity (Wildman–Crippen MR) is 74.5 cm³/mol. The minimum atomic E-state index is -4.13. The molecule has 0 amide bonds. The second-order valence-corrected chi connectivity index (χ2v) is 5.67. The summed E-state index contributed by atoms with van der Waals surface area (Å²) in [5.74, 6) is 0. The first-order chi connectivity index (χ1) is 9.48. The molecule has 0 radical (unpaired) electrons. The molecule has 1 aromatic carbocycles. The van der Waals surface area contributed by atoms with Crippen LogP contribution in [0.3, 0.4) is 0 Å². The molecular formula is C16H22F3N. The first-order valence-electron chi connectivity index (χ1n) is 7.36. The molecule has 1 fully saturated rings. The molecule has 1 aliphatic rings. The molecule has 0 unspecified atom stereocenters. The number of rotatable bonds is 6. The molecular weight excluding hydrogens is 263 g/mol. The van der Waals surface area contributed by atoms with Crippen LogP contribution in [0, 0.1) is 0 Å². The normalized spacial score (nSPS) is 16.4. The van der Waals surface area contributed by atoms with Gasteiger partial charge in [-0.3, -0.25) is 4.90 Å². The van der Waals surface area contributed by atoms with Crippen molar-refractivity contribution < 1.29 is 13.2 Å². The highest BCUT2D eigenvalue weighted by atomic mass is 19.4. The van der Waals surface area contributed by atoms with E-state index in [1.54, 1.807) is 18.2 Å². The maximum absolute atomic E-state index is 12.4. The van der Waals surface area contributed by atoms with Crippen LogP contribution >= 0.6 is 0 Å². The number of hydrogen-bond acceptors (Lipinski definition) is 1. The average Bonchev–Trinajstić information content (AvgIpc) is 2.24. The number of hydrogen-bond donors (Lipinski definition) is 0. The Bertz CT molecular complexity index is 424. The maximum atomic E-state index is 12.4. The molecule has 1 nitrogen and oxygen atoms in total. The Morgan fingerprint density at radius 2 is 1.90 bits per heavy atom. The van der Waals surface area contributed by atoms with Gasteiger partial charge in [0.05, 0.1) is 6.42 Å².